The second-order valence-electron chi connectivity index (χ2n) is 4.47. The van der Waals surface area contributed by atoms with Crippen LogP contribution in [0.15, 0.2) is 47.5 Å². The van der Waals surface area contributed by atoms with Gasteiger partial charge in [0, 0.05) is 12.7 Å². The number of hydrogen-bond donors (Lipinski definition) is 2. The van der Waals surface area contributed by atoms with Crippen molar-refractivity contribution in [1.29, 1.82) is 0 Å². The SMILES string of the molecule is CCNCc1cccc(S(=O)(=O)NCc2cccnn2)c1. The first-order valence-corrected chi connectivity index (χ1v) is 8.16. The van der Waals surface area contributed by atoms with Gasteiger partial charge in [-0.3, -0.25) is 0 Å². The lowest BCUT2D eigenvalue weighted by Crippen LogP contribution is -2.24. The maximum absolute atomic E-state index is 12.3. The third kappa shape index (κ3) is 4.59. The van der Waals surface area contributed by atoms with E-state index >= 15 is 0 Å². The normalized spacial score (nSPS) is 11.5. The van der Waals surface area contributed by atoms with E-state index in [1.165, 1.54) is 0 Å². The fraction of sp³-hybridized carbons (Fsp3) is 0.286. The lowest BCUT2D eigenvalue weighted by Gasteiger charge is -2.08. The highest BCUT2D eigenvalue weighted by Gasteiger charge is 2.14. The molecule has 112 valence electrons. The summed E-state index contributed by atoms with van der Waals surface area (Å²) in [6.07, 6.45) is 1.54. The largest absolute Gasteiger partial charge is 0.313 e. The average Bonchev–Trinajstić information content (AvgIpc) is 2.52. The van der Waals surface area contributed by atoms with Crippen molar-refractivity contribution < 1.29 is 8.42 Å². The summed E-state index contributed by atoms with van der Waals surface area (Å²) in [4.78, 5) is 0.252. The molecule has 0 aliphatic rings. The van der Waals surface area contributed by atoms with E-state index < -0.39 is 10.0 Å². The Hall–Kier alpha value is -1.83. The van der Waals surface area contributed by atoms with E-state index in [0.717, 1.165) is 12.1 Å². The Labute approximate surface area is 124 Å². The van der Waals surface area contributed by atoms with Gasteiger partial charge in [0.25, 0.3) is 0 Å². The molecule has 0 fully saturated rings. The van der Waals surface area contributed by atoms with Crippen molar-refractivity contribution in [3.63, 3.8) is 0 Å². The Morgan fingerprint density at radius 2 is 2.00 bits per heavy atom. The van der Waals surface area contributed by atoms with Crippen LogP contribution in [0.2, 0.25) is 0 Å². The summed E-state index contributed by atoms with van der Waals surface area (Å²) >= 11 is 0. The molecule has 1 aromatic heterocycles. The molecular weight excluding hydrogens is 288 g/mol. The number of nitrogens with one attached hydrogen (secondary N) is 2. The van der Waals surface area contributed by atoms with Crippen molar-refractivity contribution in [3.05, 3.63) is 53.9 Å². The van der Waals surface area contributed by atoms with E-state index in [0.29, 0.717) is 12.2 Å². The molecule has 0 atom stereocenters. The lowest BCUT2D eigenvalue weighted by molar-refractivity contribution is 0.579. The minimum absolute atomic E-state index is 0.119. The average molecular weight is 306 g/mol. The molecule has 0 unspecified atom stereocenters. The lowest BCUT2D eigenvalue weighted by atomic mass is 10.2. The standard InChI is InChI=1S/C14H18N4O2S/c1-2-15-10-12-5-3-7-14(9-12)21(19,20)17-11-13-6-4-8-16-18-13/h3-9,15,17H,2,10-11H2,1H3. The molecular formula is C14H18N4O2S. The molecule has 1 aromatic carbocycles. The van der Waals surface area contributed by atoms with Crippen molar-refractivity contribution in [2.24, 2.45) is 0 Å². The minimum Gasteiger partial charge on any atom is -0.313 e. The Morgan fingerprint density at radius 1 is 1.14 bits per heavy atom. The van der Waals surface area contributed by atoms with Crippen molar-refractivity contribution in [1.82, 2.24) is 20.2 Å². The predicted octanol–water partition coefficient (Wildman–Crippen LogP) is 1.06. The highest BCUT2D eigenvalue weighted by molar-refractivity contribution is 7.89. The van der Waals surface area contributed by atoms with Gasteiger partial charge in [-0.05, 0) is 36.4 Å². The quantitative estimate of drug-likeness (QED) is 0.799. The van der Waals surface area contributed by atoms with Crippen LogP contribution in [0, 0.1) is 0 Å². The highest BCUT2D eigenvalue weighted by atomic mass is 32.2. The van der Waals surface area contributed by atoms with Gasteiger partial charge >= 0.3 is 0 Å². The summed E-state index contributed by atoms with van der Waals surface area (Å²) < 4.78 is 27.0. The van der Waals surface area contributed by atoms with Gasteiger partial charge in [-0.2, -0.15) is 10.2 Å². The van der Waals surface area contributed by atoms with Crippen LogP contribution in [-0.2, 0) is 23.1 Å². The Morgan fingerprint density at radius 3 is 2.71 bits per heavy atom. The van der Waals surface area contributed by atoms with Gasteiger partial charge in [-0.15, -0.1) is 0 Å². The third-order valence-electron chi connectivity index (χ3n) is 2.86. The van der Waals surface area contributed by atoms with Crippen LogP contribution in [0.3, 0.4) is 0 Å². The van der Waals surface area contributed by atoms with Crippen LogP contribution >= 0.6 is 0 Å². The van der Waals surface area contributed by atoms with Gasteiger partial charge in [0.2, 0.25) is 10.0 Å². The van der Waals surface area contributed by atoms with Crippen LogP contribution in [-0.4, -0.2) is 25.2 Å². The summed E-state index contributed by atoms with van der Waals surface area (Å²) in [5, 5.41) is 10.7. The zero-order valence-electron chi connectivity index (χ0n) is 11.8. The molecule has 6 nitrogen and oxygen atoms in total. The minimum atomic E-state index is -3.55. The van der Waals surface area contributed by atoms with Gasteiger partial charge in [0.1, 0.15) is 0 Å². The Kier molecular flexibility index (Phi) is 5.38. The maximum Gasteiger partial charge on any atom is 0.240 e. The molecule has 2 rings (SSSR count). The molecule has 0 saturated heterocycles. The summed E-state index contributed by atoms with van der Waals surface area (Å²) in [5.41, 5.74) is 1.50. The Bertz CT molecular complexity index is 674. The van der Waals surface area contributed by atoms with E-state index in [2.05, 4.69) is 20.2 Å². The number of aromatic nitrogens is 2. The molecule has 2 N–H and O–H groups in total. The first kappa shape index (κ1) is 15.6. The van der Waals surface area contributed by atoms with Crippen LogP contribution in [0.1, 0.15) is 18.2 Å². The smallest absolute Gasteiger partial charge is 0.240 e. The van der Waals surface area contributed by atoms with Crippen LogP contribution in [0.5, 0.6) is 0 Å². The number of nitrogens with zero attached hydrogens (tertiary/aromatic N) is 2. The fourth-order valence-electron chi connectivity index (χ4n) is 1.77. The molecule has 0 radical (unpaired) electrons. The second-order valence-corrected chi connectivity index (χ2v) is 6.23. The van der Waals surface area contributed by atoms with Gasteiger partial charge < -0.3 is 5.32 Å². The maximum atomic E-state index is 12.3. The molecule has 0 amide bonds. The number of benzene rings is 1. The zero-order valence-corrected chi connectivity index (χ0v) is 12.6. The topological polar surface area (TPSA) is 84.0 Å². The molecule has 21 heavy (non-hydrogen) atoms. The van der Waals surface area contributed by atoms with E-state index in [1.807, 2.05) is 13.0 Å². The highest BCUT2D eigenvalue weighted by Crippen LogP contribution is 2.12. The van der Waals surface area contributed by atoms with Crippen LogP contribution in [0.25, 0.3) is 0 Å². The molecule has 7 heteroatoms. The van der Waals surface area contributed by atoms with Crippen LogP contribution in [0.4, 0.5) is 0 Å². The van der Waals surface area contributed by atoms with Crippen molar-refractivity contribution in [2.45, 2.75) is 24.9 Å². The molecule has 0 aliphatic heterocycles. The molecule has 2 aromatic rings. The van der Waals surface area contributed by atoms with Gasteiger partial charge in [0.15, 0.2) is 0 Å². The van der Waals surface area contributed by atoms with Crippen molar-refractivity contribution in [3.8, 4) is 0 Å². The summed E-state index contributed by atoms with van der Waals surface area (Å²) in [6.45, 7) is 3.60. The van der Waals surface area contributed by atoms with Gasteiger partial charge in [-0.25, -0.2) is 13.1 Å². The van der Waals surface area contributed by atoms with Crippen molar-refractivity contribution in [2.75, 3.05) is 6.54 Å². The van der Waals surface area contributed by atoms with E-state index in [-0.39, 0.29) is 11.4 Å². The number of hydrogen-bond acceptors (Lipinski definition) is 5. The first-order valence-electron chi connectivity index (χ1n) is 6.67. The van der Waals surface area contributed by atoms with Gasteiger partial charge in [-0.1, -0.05) is 19.1 Å². The summed E-state index contributed by atoms with van der Waals surface area (Å²) in [7, 11) is -3.55. The van der Waals surface area contributed by atoms with E-state index in [9.17, 15) is 8.42 Å². The Balaban J connectivity index is 2.08. The van der Waals surface area contributed by atoms with E-state index in [4.69, 9.17) is 0 Å². The monoisotopic (exact) mass is 306 g/mol. The second kappa shape index (κ2) is 7.26. The first-order chi connectivity index (χ1) is 10.1. The van der Waals surface area contributed by atoms with Gasteiger partial charge in [0.05, 0.1) is 17.1 Å². The predicted molar refractivity (Wildman–Crippen MR) is 79.9 cm³/mol. The van der Waals surface area contributed by atoms with Crippen molar-refractivity contribution >= 4 is 10.0 Å². The fourth-order valence-corrected chi connectivity index (χ4v) is 2.84. The summed E-state index contributed by atoms with van der Waals surface area (Å²) in [6, 6.07) is 10.3. The molecule has 0 spiro atoms. The summed E-state index contributed by atoms with van der Waals surface area (Å²) in [5.74, 6) is 0. The number of rotatable bonds is 7. The molecule has 0 bridgehead atoms. The molecule has 1 heterocycles. The zero-order chi connectivity index (χ0) is 15.1. The molecule has 0 aliphatic carbocycles. The molecule has 0 saturated carbocycles. The van der Waals surface area contributed by atoms with Crippen LogP contribution < -0.4 is 10.0 Å². The number of sulfonamides is 1. The third-order valence-corrected chi connectivity index (χ3v) is 4.26. The van der Waals surface area contributed by atoms with E-state index in [1.54, 1.807) is 36.5 Å².